The summed E-state index contributed by atoms with van der Waals surface area (Å²) in [5.74, 6) is -0.801. The third-order valence-electron chi connectivity index (χ3n) is 2.40. The highest BCUT2D eigenvalue weighted by Crippen LogP contribution is 2.20. The first-order chi connectivity index (χ1) is 7.93. The lowest BCUT2D eigenvalue weighted by Gasteiger charge is -2.17. The number of hydrogen-bond donors (Lipinski definition) is 1. The highest BCUT2D eigenvalue weighted by molar-refractivity contribution is 7.89. The summed E-state index contributed by atoms with van der Waals surface area (Å²) in [5.41, 5.74) is 0.370. The minimum absolute atomic E-state index is 0.319. The summed E-state index contributed by atoms with van der Waals surface area (Å²) < 4.78 is 38.6. The van der Waals surface area contributed by atoms with Crippen molar-refractivity contribution < 1.29 is 17.9 Å². The van der Waals surface area contributed by atoms with Crippen LogP contribution in [0.1, 0.15) is 18.9 Å². The highest BCUT2D eigenvalue weighted by Gasteiger charge is 2.24. The van der Waals surface area contributed by atoms with E-state index in [1.54, 1.807) is 0 Å². The molecule has 6 heteroatoms. The van der Waals surface area contributed by atoms with E-state index in [2.05, 4.69) is 0 Å². The zero-order chi connectivity index (χ0) is 13.1. The Bertz CT molecular complexity index is 487. The van der Waals surface area contributed by atoms with Crippen LogP contribution in [0.25, 0.3) is 0 Å². The first kappa shape index (κ1) is 14.1. The van der Waals surface area contributed by atoms with Gasteiger partial charge in [-0.1, -0.05) is 13.0 Å². The number of rotatable bonds is 5. The molecular weight excluding hydrogens is 245 g/mol. The summed E-state index contributed by atoms with van der Waals surface area (Å²) in [6.45, 7) is 1.85. The maximum atomic E-state index is 13.5. The standard InChI is InChI=1S/C11H16FNO3S/c1-3-6-13(2)17(15,16)11-7-9(8-14)4-5-10(11)12/h4-5,7,14H,3,6,8H2,1-2H3. The fourth-order valence-corrected chi connectivity index (χ4v) is 2.82. The summed E-state index contributed by atoms with van der Waals surface area (Å²) >= 11 is 0. The lowest BCUT2D eigenvalue weighted by molar-refractivity contribution is 0.281. The summed E-state index contributed by atoms with van der Waals surface area (Å²) in [6.07, 6.45) is 0.650. The van der Waals surface area contributed by atoms with Crippen LogP contribution in [0.4, 0.5) is 4.39 Å². The molecule has 1 aromatic carbocycles. The van der Waals surface area contributed by atoms with Gasteiger partial charge in [-0.25, -0.2) is 17.1 Å². The van der Waals surface area contributed by atoms with E-state index in [9.17, 15) is 12.8 Å². The van der Waals surface area contributed by atoms with Gasteiger partial charge in [0.25, 0.3) is 0 Å². The Labute approximate surface area is 101 Å². The number of nitrogens with zero attached hydrogens (tertiary/aromatic N) is 1. The van der Waals surface area contributed by atoms with Gasteiger partial charge in [0.1, 0.15) is 10.7 Å². The van der Waals surface area contributed by atoms with Crippen LogP contribution in [-0.2, 0) is 16.6 Å². The lowest BCUT2D eigenvalue weighted by Crippen LogP contribution is -2.28. The molecular formula is C11H16FNO3S. The van der Waals surface area contributed by atoms with E-state index < -0.39 is 15.8 Å². The molecule has 0 aliphatic heterocycles. The molecule has 0 amide bonds. The van der Waals surface area contributed by atoms with Crippen LogP contribution in [0, 0.1) is 5.82 Å². The second kappa shape index (κ2) is 5.57. The van der Waals surface area contributed by atoms with Gasteiger partial charge in [0.2, 0.25) is 10.0 Å². The van der Waals surface area contributed by atoms with Crippen LogP contribution < -0.4 is 0 Å². The molecule has 1 aromatic rings. The molecule has 1 rings (SSSR count). The van der Waals surface area contributed by atoms with E-state index in [-0.39, 0.29) is 11.5 Å². The zero-order valence-corrected chi connectivity index (χ0v) is 10.7. The monoisotopic (exact) mass is 261 g/mol. The SMILES string of the molecule is CCCN(C)S(=O)(=O)c1cc(CO)ccc1F. The number of sulfonamides is 1. The van der Waals surface area contributed by atoms with E-state index in [1.165, 1.54) is 13.1 Å². The van der Waals surface area contributed by atoms with Crippen molar-refractivity contribution in [2.75, 3.05) is 13.6 Å². The predicted molar refractivity (Wildman–Crippen MR) is 62.4 cm³/mol. The van der Waals surface area contributed by atoms with Gasteiger partial charge in [-0.2, -0.15) is 0 Å². The van der Waals surface area contributed by atoms with Crippen LogP contribution in [-0.4, -0.2) is 31.4 Å². The van der Waals surface area contributed by atoms with E-state index in [0.717, 1.165) is 16.4 Å². The molecule has 0 fully saturated rings. The van der Waals surface area contributed by atoms with Gasteiger partial charge in [0.15, 0.2) is 0 Å². The van der Waals surface area contributed by atoms with Crippen molar-refractivity contribution in [2.24, 2.45) is 0 Å². The molecule has 0 aliphatic carbocycles. The average molecular weight is 261 g/mol. The zero-order valence-electron chi connectivity index (χ0n) is 9.85. The van der Waals surface area contributed by atoms with E-state index in [1.807, 2.05) is 6.92 Å². The molecule has 0 aromatic heterocycles. The molecule has 17 heavy (non-hydrogen) atoms. The largest absolute Gasteiger partial charge is 0.392 e. The minimum Gasteiger partial charge on any atom is -0.392 e. The van der Waals surface area contributed by atoms with E-state index in [0.29, 0.717) is 18.5 Å². The summed E-state index contributed by atoms with van der Waals surface area (Å²) in [7, 11) is -2.41. The predicted octanol–water partition coefficient (Wildman–Crippen LogP) is 1.35. The Balaban J connectivity index is 3.22. The van der Waals surface area contributed by atoms with Gasteiger partial charge >= 0.3 is 0 Å². The smallest absolute Gasteiger partial charge is 0.245 e. The molecule has 0 radical (unpaired) electrons. The van der Waals surface area contributed by atoms with Crippen molar-refractivity contribution in [1.29, 1.82) is 0 Å². The number of aliphatic hydroxyl groups excluding tert-OH is 1. The second-order valence-corrected chi connectivity index (χ2v) is 5.76. The molecule has 0 heterocycles. The molecule has 4 nitrogen and oxygen atoms in total. The number of aliphatic hydroxyl groups is 1. The second-order valence-electron chi connectivity index (χ2n) is 3.75. The van der Waals surface area contributed by atoms with Crippen molar-refractivity contribution in [3.8, 4) is 0 Å². The van der Waals surface area contributed by atoms with E-state index >= 15 is 0 Å². The minimum atomic E-state index is -3.82. The molecule has 0 saturated heterocycles. The fourth-order valence-electron chi connectivity index (χ4n) is 1.45. The van der Waals surface area contributed by atoms with Gasteiger partial charge in [-0.3, -0.25) is 0 Å². The molecule has 0 saturated carbocycles. The number of hydrogen-bond acceptors (Lipinski definition) is 3. The molecule has 0 aliphatic rings. The Morgan fingerprint density at radius 3 is 2.59 bits per heavy atom. The van der Waals surface area contributed by atoms with Crippen molar-refractivity contribution in [2.45, 2.75) is 24.8 Å². The molecule has 1 N–H and O–H groups in total. The molecule has 96 valence electrons. The lowest BCUT2D eigenvalue weighted by atomic mass is 10.2. The molecule has 0 atom stereocenters. The Morgan fingerprint density at radius 2 is 2.06 bits per heavy atom. The average Bonchev–Trinajstić information content (AvgIpc) is 2.29. The van der Waals surface area contributed by atoms with Gasteiger partial charge < -0.3 is 5.11 Å². The normalized spacial score (nSPS) is 12.1. The Morgan fingerprint density at radius 1 is 1.41 bits per heavy atom. The summed E-state index contributed by atoms with van der Waals surface area (Å²) in [5, 5.41) is 8.93. The molecule has 0 bridgehead atoms. The summed E-state index contributed by atoms with van der Waals surface area (Å²) in [4.78, 5) is -0.389. The van der Waals surface area contributed by atoms with E-state index in [4.69, 9.17) is 5.11 Å². The van der Waals surface area contributed by atoms with Crippen molar-refractivity contribution in [3.05, 3.63) is 29.6 Å². The number of benzene rings is 1. The number of halogens is 1. The topological polar surface area (TPSA) is 57.6 Å². The van der Waals surface area contributed by atoms with Crippen LogP contribution in [0.15, 0.2) is 23.1 Å². The molecule has 0 unspecified atom stereocenters. The van der Waals surface area contributed by atoms with Crippen LogP contribution in [0.5, 0.6) is 0 Å². The first-order valence-electron chi connectivity index (χ1n) is 5.29. The van der Waals surface area contributed by atoms with Crippen LogP contribution in [0.3, 0.4) is 0 Å². The van der Waals surface area contributed by atoms with Crippen molar-refractivity contribution >= 4 is 10.0 Å². The maximum absolute atomic E-state index is 13.5. The fraction of sp³-hybridized carbons (Fsp3) is 0.455. The van der Waals surface area contributed by atoms with Gasteiger partial charge in [-0.05, 0) is 24.1 Å². The third-order valence-corrected chi connectivity index (χ3v) is 4.28. The quantitative estimate of drug-likeness (QED) is 0.870. The highest BCUT2D eigenvalue weighted by atomic mass is 32.2. The van der Waals surface area contributed by atoms with Gasteiger partial charge in [0.05, 0.1) is 6.61 Å². The third kappa shape index (κ3) is 3.02. The van der Waals surface area contributed by atoms with Crippen LogP contribution >= 0.6 is 0 Å². The maximum Gasteiger partial charge on any atom is 0.245 e. The Hall–Kier alpha value is -0.980. The van der Waals surface area contributed by atoms with Gasteiger partial charge in [0, 0.05) is 13.6 Å². The van der Waals surface area contributed by atoms with Gasteiger partial charge in [-0.15, -0.1) is 0 Å². The first-order valence-corrected chi connectivity index (χ1v) is 6.73. The molecule has 0 spiro atoms. The van der Waals surface area contributed by atoms with Crippen LogP contribution in [0.2, 0.25) is 0 Å². The summed E-state index contributed by atoms with van der Waals surface area (Å²) in [6, 6.07) is 3.57. The van der Waals surface area contributed by atoms with Crippen molar-refractivity contribution in [3.63, 3.8) is 0 Å². The Kier molecular flexibility index (Phi) is 4.62. The van der Waals surface area contributed by atoms with Crippen molar-refractivity contribution in [1.82, 2.24) is 4.31 Å².